The Balaban J connectivity index is 1.62. The van der Waals surface area contributed by atoms with E-state index in [1.165, 1.54) is 0 Å². The Morgan fingerprint density at radius 2 is 1.77 bits per heavy atom. The van der Waals surface area contributed by atoms with Gasteiger partial charge in [-0.25, -0.2) is 9.48 Å². The van der Waals surface area contributed by atoms with Crippen molar-refractivity contribution in [3.63, 3.8) is 0 Å². The summed E-state index contributed by atoms with van der Waals surface area (Å²) >= 11 is 12.9. The fourth-order valence-electron chi connectivity index (χ4n) is 5.12. The number of carbonyl (C=O) groups excluding carboxylic acids is 2. The molecule has 3 aromatic carbocycles. The highest BCUT2D eigenvalue weighted by molar-refractivity contribution is 6.35. The Bertz CT molecular complexity index is 1650. The van der Waals surface area contributed by atoms with E-state index < -0.39 is 0 Å². The molecule has 8 nitrogen and oxygen atoms in total. The summed E-state index contributed by atoms with van der Waals surface area (Å²) < 4.78 is 7.01. The van der Waals surface area contributed by atoms with Crippen LogP contribution in [0.2, 0.25) is 10.0 Å². The smallest absolute Gasteiger partial charge is 0.317 e. The first-order valence-electron chi connectivity index (χ1n) is 14.1. The Labute approximate surface area is 261 Å². The molecular formula is C33H33Cl2N5O3. The summed E-state index contributed by atoms with van der Waals surface area (Å²) in [6, 6.07) is 22.5. The van der Waals surface area contributed by atoms with Crippen LogP contribution in [-0.2, 0) is 6.54 Å². The highest BCUT2D eigenvalue weighted by Gasteiger charge is 2.34. The number of benzene rings is 3. The Morgan fingerprint density at radius 3 is 2.44 bits per heavy atom. The number of nitrogens with one attached hydrogen (secondary N) is 2. The third kappa shape index (κ3) is 6.71. The molecule has 222 valence electrons. The van der Waals surface area contributed by atoms with Crippen molar-refractivity contribution in [2.75, 3.05) is 26.7 Å². The van der Waals surface area contributed by atoms with E-state index in [4.69, 9.17) is 33.0 Å². The standard InChI is InChI=1S/C33H33Cl2N5O3/c1-4-36-33(42)39-19-24(16-22-10-13-26(43-3)14-11-22)31-27(20-39)30(38-40(31)29-15-12-25(34)17-28(29)35)32(41)37-18-21(2)23-8-6-5-7-9-23/h5-17,21H,4,18-20H2,1-3H3,(H,36,42)(H,37,41)/b24-16+/t21-/m0/s1. The molecule has 0 spiro atoms. The number of halogens is 2. The van der Waals surface area contributed by atoms with E-state index in [1.54, 1.807) is 34.9 Å². The molecule has 1 aliphatic rings. The maximum Gasteiger partial charge on any atom is 0.317 e. The van der Waals surface area contributed by atoms with E-state index in [0.29, 0.717) is 46.6 Å². The van der Waals surface area contributed by atoms with Crippen molar-refractivity contribution in [3.05, 3.63) is 111 Å². The Kier molecular flexibility index (Phi) is 9.38. The number of carbonyl (C=O) groups is 2. The molecule has 43 heavy (non-hydrogen) atoms. The predicted octanol–water partition coefficient (Wildman–Crippen LogP) is 6.81. The van der Waals surface area contributed by atoms with Crippen molar-refractivity contribution < 1.29 is 14.3 Å². The van der Waals surface area contributed by atoms with Crippen LogP contribution < -0.4 is 15.4 Å². The second-order valence-electron chi connectivity index (χ2n) is 10.3. The van der Waals surface area contributed by atoms with Crippen LogP contribution in [0.15, 0.2) is 72.8 Å². The molecular weight excluding hydrogens is 585 g/mol. The number of methoxy groups -OCH3 is 1. The number of nitrogens with zero attached hydrogens (tertiary/aromatic N) is 3. The van der Waals surface area contributed by atoms with Gasteiger partial charge in [0.15, 0.2) is 5.69 Å². The molecule has 0 bridgehead atoms. The van der Waals surface area contributed by atoms with Crippen LogP contribution in [-0.4, -0.2) is 53.4 Å². The Hall–Kier alpha value is -4.27. The lowest BCUT2D eigenvalue weighted by molar-refractivity contribution is 0.0944. The molecule has 0 aliphatic carbocycles. The third-order valence-corrected chi connectivity index (χ3v) is 7.90. The van der Waals surface area contributed by atoms with Crippen LogP contribution in [0.1, 0.15) is 52.6 Å². The SMILES string of the molecule is CCNC(=O)N1C/C(=C\c2ccc(OC)cc2)c2c(c(C(=O)NC[C@H](C)c3ccccc3)nn2-c2ccc(Cl)cc2Cl)C1. The van der Waals surface area contributed by atoms with E-state index >= 15 is 0 Å². The van der Waals surface area contributed by atoms with Crippen molar-refractivity contribution >= 4 is 46.8 Å². The van der Waals surface area contributed by atoms with Gasteiger partial charge in [-0.05, 0) is 65.9 Å². The highest BCUT2D eigenvalue weighted by Crippen LogP contribution is 2.36. The monoisotopic (exact) mass is 617 g/mol. The van der Waals surface area contributed by atoms with Crippen LogP contribution in [0.3, 0.4) is 0 Å². The molecule has 0 unspecified atom stereocenters. The van der Waals surface area contributed by atoms with Gasteiger partial charge in [0.2, 0.25) is 0 Å². The van der Waals surface area contributed by atoms with Gasteiger partial charge in [0.1, 0.15) is 5.75 Å². The number of rotatable bonds is 8. The lowest BCUT2D eigenvalue weighted by atomic mass is 9.97. The number of hydrogen-bond donors (Lipinski definition) is 2. The minimum Gasteiger partial charge on any atom is -0.497 e. The minimum absolute atomic E-state index is 0.0890. The summed E-state index contributed by atoms with van der Waals surface area (Å²) in [5.74, 6) is 0.493. The number of hydrogen-bond acceptors (Lipinski definition) is 4. The average Bonchev–Trinajstić information content (AvgIpc) is 3.40. The Morgan fingerprint density at radius 1 is 1.02 bits per heavy atom. The molecule has 3 amide bonds. The normalized spacial score (nSPS) is 14.3. The van der Waals surface area contributed by atoms with Gasteiger partial charge in [-0.2, -0.15) is 5.10 Å². The second kappa shape index (κ2) is 13.4. The predicted molar refractivity (Wildman–Crippen MR) is 171 cm³/mol. The molecule has 5 rings (SSSR count). The van der Waals surface area contributed by atoms with Crippen molar-refractivity contribution in [1.29, 1.82) is 0 Å². The van der Waals surface area contributed by atoms with Crippen molar-refractivity contribution in [1.82, 2.24) is 25.3 Å². The van der Waals surface area contributed by atoms with E-state index in [1.807, 2.05) is 67.6 Å². The summed E-state index contributed by atoms with van der Waals surface area (Å²) in [7, 11) is 1.62. The first-order chi connectivity index (χ1) is 20.8. The lowest BCUT2D eigenvalue weighted by Crippen LogP contribution is -2.43. The number of urea groups is 1. The quantitative estimate of drug-likeness (QED) is 0.227. The van der Waals surface area contributed by atoms with Crippen LogP contribution in [0, 0.1) is 0 Å². The van der Waals surface area contributed by atoms with Crippen molar-refractivity contribution in [2.45, 2.75) is 26.3 Å². The van der Waals surface area contributed by atoms with Crippen LogP contribution in [0.5, 0.6) is 5.75 Å². The largest absolute Gasteiger partial charge is 0.497 e. The summed E-state index contributed by atoms with van der Waals surface area (Å²) in [4.78, 5) is 28.6. The maximum atomic E-state index is 13.8. The van der Waals surface area contributed by atoms with Crippen LogP contribution >= 0.6 is 23.2 Å². The molecule has 1 atom stereocenters. The molecule has 0 saturated heterocycles. The topological polar surface area (TPSA) is 88.5 Å². The van der Waals surface area contributed by atoms with Crippen LogP contribution in [0.4, 0.5) is 4.79 Å². The van der Waals surface area contributed by atoms with E-state index in [-0.39, 0.29) is 30.1 Å². The van der Waals surface area contributed by atoms with Gasteiger partial charge in [-0.15, -0.1) is 0 Å². The third-order valence-electron chi connectivity index (χ3n) is 7.36. The highest BCUT2D eigenvalue weighted by atomic mass is 35.5. The summed E-state index contributed by atoms with van der Waals surface area (Å²) in [5, 5.41) is 11.6. The molecule has 0 radical (unpaired) electrons. The number of amides is 3. The zero-order valence-corrected chi connectivity index (χ0v) is 25.7. The van der Waals surface area contributed by atoms with Gasteiger partial charge in [-0.3, -0.25) is 4.79 Å². The second-order valence-corrected chi connectivity index (χ2v) is 11.2. The van der Waals surface area contributed by atoms with Crippen LogP contribution in [0.25, 0.3) is 17.3 Å². The molecule has 2 N–H and O–H groups in total. The van der Waals surface area contributed by atoms with Gasteiger partial charge in [0.05, 0.1) is 30.1 Å². The minimum atomic E-state index is -0.329. The van der Waals surface area contributed by atoms with E-state index in [0.717, 1.165) is 22.4 Å². The fraction of sp³-hybridized carbons (Fsp3) is 0.242. The first-order valence-corrected chi connectivity index (χ1v) is 14.8. The zero-order chi connectivity index (χ0) is 30.5. The number of ether oxygens (including phenoxy) is 1. The molecule has 4 aromatic rings. The summed E-state index contributed by atoms with van der Waals surface area (Å²) in [6.45, 7) is 5.32. The van der Waals surface area contributed by atoms with Gasteiger partial charge in [-0.1, -0.05) is 72.6 Å². The van der Waals surface area contributed by atoms with Gasteiger partial charge < -0.3 is 20.3 Å². The van der Waals surface area contributed by atoms with E-state index in [2.05, 4.69) is 17.6 Å². The molecule has 1 aromatic heterocycles. The average molecular weight is 619 g/mol. The summed E-state index contributed by atoms with van der Waals surface area (Å²) in [6.07, 6.45) is 1.99. The number of fused-ring (bicyclic) bond motifs is 1. The van der Waals surface area contributed by atoms with Gasteiger partial charge in [0.25, 0.3) is 5.91 Å². The van der Waals surface area contributed by atoms with Gasteiger partial charge >= 0.3 is 6.03 Å². The molecule has 0 fully saturated rings. The first kappa shape index (κ1) is 30.2. The van der Waals surface area contributed by atoms with Crippen molar-refractivity contribution in [3.8, 4) is 11.4 Å². The summed E-state index contributed by atoms with van der Waals surface area (Å²) in [5.41, 5.74) is 4.97. The van der Waals surface area contributed by atoms with Crippen molar-refractivity contribution in [2.24, 2.45) is 0 Å². The molecule has 1 aliphatic heterocycles. The van der Waals surface area contributed by atoms with E-state index in [9.17, 15) is 9.59 Å². The maximum absolute atomic E-state index is 13.8. The van der Waals surface area contributed by atoms with Gasteiger partial charge in [0, 0.05) is 30.2 Å². The fourth-order valence-corrected chi connectivity index (χ4v) is 5.61. The molecule has 0 saturated carbocycles. The zero-order valence-electron chi connectivity index (χ0n) is 24.2. The molecule has 2 heterocycles. The lowest BCUT2D eigenvalue weighted by Gasteiger charge is -2.30. The number of aromatic nitrogens is 2. The molecule has 10 heteroatoms.